The summed E-state index contributed by atoms with van der Waals surface area (Å²) < 4.78 is 0. The lowest BCUT2D eigenvalue weighted by Crippen LogP contribution is -2.06. The van der Waals surface area contributed by atoms with Crippen LogP contribution in [0.1, 0.15) is 16.7 Å². The SMILES string of the molecule is C1=CC(c2cccc(-c3cccc(-c4ccc5c6ccccc6c6ccccc6c5c4)c3)c2)=NC(c2ccccc2)=NC(c2ccccc2)=C1. The van der Waals surface area contributed by atoms with Gasteiger partial charge in [-0.2, -0.15) is 0 Å². The van der Waals surface area contributed by atoms with Crippen molar-refractivity contribution in [3.63, 3.8) is 0 Å². The van der Waals surface area contributed by atoms with Gasteiger partial charge in [0.2, 0.25) is 0 Å². The smallest absolute Gasteiger partial charge is 0.160 e. The number of nitrogens with zero attached hydrogens (tertiary/aromatic N) is 2. The van der Waals surface area contributed by atoms with Gasteiger partial charge >= 0.3 is 0 Å². The first kappa shape index (κ1) is 29.5. The lowest BCUT2D eigenvalue weighted by Gasteiger charge is -2.13. The molecule has 0 saturated carbocycles. The molecule has 50 heavy (non-hydrogen) atoms. The van der Waals surface area contributed by atoms with Crippen molar-refractivity contribution in [2.24, 2.45) is 9.98 Å². The molecule has 0 amide bonds. The first-order valence-electron chi connectivity index (χ1n) is 17.0. The average Bonchev–Trinajstić information content (AvgIpc) is 3.19. The fourth-order valence-corrected chi connectivity index (χ4v) is 7.03. The van der Waals surface area contributed by atoms with Gasteiger partial charge in [-0.15, -0.1) is 0 Å². The average molecular weight is 637 g/mol. The van der Waals surface area contributed by atoms with Crippen molar-refractivity contribution in [2.75, 3.05) is 0 Å². The number of amidine groups is 1. The molecular formula is C48H32N2. The van der Waals surface area contributed by atoms with Crippen LogP contribution in [0.3, 0.4) is 0 Å². The van der Waals surface area contributed by atoms with Gasteiger partial charge in [-0.25, -0.2) is 9.98 Å². The molecule has 8 aromatic rings. The van der Waals surface area contributed by atoms with Gasteiger partial charge in [0.25, 0.3) is 0 Å². The molecule has 0 radical (unpaired) electrons. The maximum Gasteiger partial charge on any atom is 0.160 e. The highest BCUT2D eigenvalue weighted by Crippen LogP contribution is 2.37. The van der Waals surface area contributed by atoms with Crippen molar-refractivity contribution >= 4 is 49.6 Å². The zero-order valence-corrected chi connectivity index (χ0v) is 27.4. The van der Waals surface area contributed by atoms with Crippen molar-refractivity contribution in [2.45, 2.75) is 0 Å². The van der Waals surface area contributed by atoms with Crippen molar-refractivity contribution < 1.29 is 0 Å². The molecular weight excluding hydrogens is 605 g/mol. The maximum absolute atomic E-state index is 5.17. The van der Waals surface area contributed by atoms with Crippen molar-refractivity contribution in [1.29, 1.82) is 0 Å². The first-order chi connectivity index (χ1) is 24.8. The molecule has 2 heteroatoms. The Morgan fingerprint density at radius 3 is 1.38 bits per heavy atom. The van der Waals surface area contributed by atoms with Crippen LogP contribution in [0.5, 0.6) is 0 Å². The van der Waals surface area contributed by atoms with E-state index in [-0.39, 0.29) is 0 Å². The van der Waals surface area contributed by atoms with E-state index in [1.54, 1.807) is 0 Å². The summed E-state index contributed by atoms with van der Waals surface area (Å²) in [5.41, 5.74) is 9.49. The highest BCUT2D eigenvalue weighted by molar-refractivity contribution is 6.25. The van der Waals surface area contributed by atoms with Gasteiger partial charge in [0.15, 0.2) is 5.84 Å². The van der Waals surface area contributed by atoms with E-state index < -0.39 is 0 Å². The molecule has 1 heterocycles. The molecule has 8 aromatic carbocycles. The highest BCUT2D eigenvalue weighted by Gasteiger charge is 2.13. The largest absolute Gasteiger partial charge is 0.228 e. The Morgan fingerprint density at radius 1 is 0.300 bits per heavy atom. The van der Waals surface area contributed by atoms with Crippen LogP contribution in [-0.2, 0) is 0 Å². The number of hydrogen-bond acceptors (Lipinski definition) is 2. The molecule has 0 unspecified atom stereocenters. The van der Waals surface area contributed by atoms with Crippen LogP contribution < -0.4 is 0 Å². The van der Waals surface area contributed by atoms with E-state index in [4.69, 9.17) is 9.98 Å². The van der Waals surface area contributed by atoms with Crippen molar-refractivity contribution in [3.05, 3.63) is 211 Å². The number of aliphatic imine (C=N–C) groups is 2. The molecule has 234 valence electrons. The van der Waals surface area contributed by atoms with Gasteiger partial charge in [-0.3, -0.25) is 0 Å². The van der Waals surface area contributed by atoms with Gasteiger partial charge in [0, 0.05) is 16.7 Å². The minimum atomic E-state index is 0.684. The third-order valence-electron chi connectivity index (χ3n) is 9.49. The first-order valence-corrected chi connectivity index (χ1v) is 17.0. The maximum atomic E-state index is 5.17. The normalized spacial score (nSPS) is 13.1. The third-order valence-corrected chi connectivity index (χ3v) is 9.49. The summed E-state index contributed by atoms with van der Waals surface area (Å²) in [6.07, 6.45) is 6.20. The second-order valence-corrected chi connectivity index (χ2v) is 12.6. The summed E-state index contributed by atoms with van der Waals surface area (Å²) in [5.74, 6) is 0.684. The molecule has 0 saturated heterocycles. The Hall–Kier alpha value is -6.64. The number of hydrogen-bond donors (Lipinski definition) is 0. The Labute approximate surface area is 291 Å². The van der Waals surface area contributed by atoms with Crippen LogP contribution in [0, 0.1) is 0 Å². The Bertz CT molecular complexity index is 2640. The number of fused-ring (bicyclic) bond motifs is 6. The number of allylic oxidation sites excluding steroid dienone is 3. The van der Waals surface area contributed by atoms with Gasteiger partial charge in [0.05, 0.1) is 11.4 Å². The summed E-state index contributed by atoms with van der Waals surface area (Å²) in [6.45, 7) is 0. The fourth-order valence-electron chi connectivity index (χ4n) is 7.03. The van der Waals surface area contributed by atoms with E-state index >= 15 is 0 Å². The van der Waals surface area contributed by atoms with E-state index in [2.05, 4.69) is 152 Å². The van der Waals surface area contributed by atoms with Crippen LogP contribution in [-0.4, -0.2) is 11.5 Å². The summed E-state index contributed by atoms with van der Waals surface area (Å²) in [4.78, 5) is 10.2. The lowest BCUT2D eigenvalue weighted by molar-refractivity contribution is 1.43. The minimum absolute atomic E-state index is 0.684. The monoisotopic (exact) mass is 636 g/mol. The number of benzene rings is 8. The summed E-state index contributed by atoms with van der Waals surface area (Å²) in [7, 11) is 0. The second-order valence-electron chi connectivity index (χ2n) is 12.6. The second kappa shape index (κ2) is 12.8. The topological polar surface area (TPSA) is 24.7 Å². The molecule has 0 aliphatic carbocycles. The van der Waals surface area contributed by atoms with E-state index in [0.717, 1.165) is 39.2 Å². The van der Waals surface area contributed by atoms with Crippen molar-refractivity contribution in [1.82, 2.24) is 0 Å². The zero-order chi connectivity index (χ0) is 33.3. The van der Waals surface area contributed by atoms with Crippen LogP contribution in [0.25, 0.3) is 60.3 Å². The summed E-state index contributed by atoms with van der Waals surface area (Å²) in [5, 5.41) is 7.71. The van der Waals surface area contributed by atoms with Gasteiger partial charge in [0.1, 0.15) is 0 Å². The van der Waals surface area contributed by atoms with E-state index in [1.165, 1.54) is 43.4 Å². The predicted octanol–water partition coefficient (Wildman–Crippen LogP) is 12.3. The zero-order valence-electron chi connectivity index (χ0n) is 27.4. The van der Waals surface area contributed by atoms with Crippen LogP contribution >= 0.6 is 0 Å². The van der Waals surface area contributed by atoms with Crippen LogP contribution in [0.4, 0.5) is 0 Å². The molecule has 0 aromatic heterocycles. The Balaban J connectivity index is 1.10. The third kappa shape index (κ3) is 5.53. The molecule has 0 fully saturated rings. The molecule has 0 bridgehead atoms. The predicted molar refractivity (Wildman–Crippen MR) is 213 cm³/mol. The molecule has 1 aliphatic heterocycles. The van der Waals surface area contributed by atoms with Crippen LogP contribution in [0.2, 0.25) is 0 Å². The van der Waals surface area contributed by atoms with Crippen LogP contribution in [0.15, 0.2) is 204 Å². The van der Waals surface area contributed by atoms with Gasteiger partial charge < -0.3 is 0 Å². The van der Waals surface area contributed by atoms with E-state index in [1.807, 2.05) is 42.5 Å². The van der Waals surface area contributed by atoms with E-state index in [9.17, 15) is 0 Å². The molecule has 0 N–H and O–H groups in total. The highest BCUT2D eigenvalue weighted by atomic mass is 14.9. The molecule has 0 spiro atoms. The quantitative estimate of drug-likeness (QED) is 0.168. The molecule has 1 aliphatic rings. The standard InChI is InChI=1S/C48H32N2/c1-3-14-33(15-4-1)46-26-13-27-47(50-48(49-46)34-16-5-2-6-17-34)39-21-12-20-37(31-39)35-18-11-19-36(30-35)38-28-29-44-42-24-8-7-22-40(42)41-23-9-10-25-43(41)45(44)32-38/h1-32H. The number of rotatable bonds is 5. The van der Waals surface area contributed by atoms with Crippen molar-refractivity contribution in [3.8, 4) is 22.3 Å². The van der Waals surface area contributed by atoms with Gasteiger partial charge in [-0.05, 0) is 84.9 Å². The molecule has 9 rings (SSSR count). The molecule has 2 nitrogen and oxygen atoms in total. The van der Waals surface area contributed by atoms with E-state index in [0.29, 0.717) is 5.84 Å². The minimum Gasteiger partial charge on any atom is -0.228 e. The fraction of sp³-hybridized carbons (Fsp3) is 0. The summed E-state index contributed by atoms with van der Waals surface area (Å²) >= 11 is 0. The Morgan fingerprint density at radius 2 is 0.760 bits per heavy atom. The lowest BCUT2D eigenvalue weighted by atomic mass is 9.91. The Kier molecular flexibility index (Phi) is 7.53. The van der Waals surface area contributed by atoms with Gasteiger partial charge in [-0.1, -0.05) is 164 Å². The molecule has 0 atom stereocenters. The summed E-state index contributed by atoms with van der Waals surface area (Å²) in [6, 6.07) is 62.3.